The Kier molecular flexibility index (Phi) is 4.32. The highest BCUT2D eigenvalue weighted by molar-refractivity contribution is 9.10. The molecule has 0 saturated heterocycles. The van der Waals surface area contributed by atoms with Crippen molar-refractivity contribution in [2.45, 2.75) is 0 Å². The lowest BCUT2D eigenvalue weighted by molar-refractivity contribution is 1.58. The van der Waals surface area contributed by atoms with Crippen molar-refractivity contribution in [1.82, 2.24) is 0 Å². The molecule has 1 heteroatoms. The summed E-state index contributed by atoms with van der Waals surface area (Å²) in [6.07, 6.45) is 4.27. The van der Waals surface area contributed by atoms with E-state index in [4.69, 9.17) is 0 Å². The van der Waals surface area contributed by atoms with Crippen molar-refractivity contribution in [1.29, 1.82) is 0 Å². The summed E-state index contributed by atoms with van der Waals surface area (Å²) in [5.41, 5.74) is 4.89. The summed E-state index contributed by atoms with van der Waals surface area (Å²) in [6, 6.07) is 27.3. The third-order valence-corrected chi connectivity index (χ3v) is 3.88. The summed E-state index contributed by atoms with van der Waals surface area (Å²) in [4.78, 5) is 0. The van der Waals surface area contributed by atoms with Gasteiger partial charge in [0.05, 0.1) is 0 Å². The van der Waals surface area contributed by atoms with Gasteiger partial charge in [-0.2, -0.15) is 0 Å². The molecule has 0 atom stereocenters. The van der Waals surface area contributed by atoms with Crippen LogP contribution in [0.15, 0.2) is 83.3 Å². The monoisotopic (exact) mass is 334 g/mol. The quantitative estimate of drug-likeness (QED) is 0.494. The van der Waals surface area contributed by atoms with Gasteiger partial charge >= 0.3 is 0 Å². The van der Waals surface area contributed by atoms with E-state index in [0.717, 1.165) is 4.47 Å². The van der Waals surface area contributed by atoms with Crippen LogP contribution in [0.1, 0.15) is 11.1 Å². The fraction of sp³-hybridized carbons (Fsp3) is 0. The van der Waals surface area contributed by atoms with Crippen molar-refractivity contribution in [3.63, 3.8) is 0 Å². The highest BCUT2D eigenvalue weighted by Crippen LogP contribution is 2.22. The number of rotatable bonds is 3. The molecule has 0 fully saturated rings. The lowest BCUT2D eigenvalue weighted by Gasteiger charge is -2.02. The van der Waals surface area contributed by atoms with Gasteiger partial charge in [0, 0.05) is 4.47 Å². The van der Waals surface area contributed by atoms with Crippen LogP contribution in [0.4, 0.5) is 0 Å². The van der Waals surface area contributed by atoms with Crippen molar-refractivity contribution in [3.05, 3.63) is 94.5 Å². The third kappa shape index (κ3) is 3.71. The van der Waals surface area contributed by atoms with Gasteiger partial charge in [-0.3, -0.25) is 0 Å². The maximum absolute atomic E-state index is 3.46. The second-order valence-corrected chi connectivity index (χ2v) is 5.79. The average Bonchev–Trinajstić information content (AvgIpc) is 2.55. The Hall–Kier alpha value is -2.12. The normalized spacial score (nSPS) is 10.9. The smallest absolute Gasteiger partial charge is 0.0175 e. The SMILES string of the molecule is Brc1ccc(-c2ccc(/C=C/c3ccccc3)cc2)cc1. The maximum atomic E-state index is 3.46. The van der Waals surface area contributed by atoms with Crippen LogP contribution in [0, 0.1) is 0 Å². The lowest BCUT2D eigenvalue weighted by Crippen LogP contribution is -1.78. The van der Waals surface area contributed by atoms with Crippen molar-refractivity contribution < 1.29 is 0 Å². The zero-order chi connectivity index (χ0) is 14.5. The first-order valence-corrected chi connectivity index (χ1v) is 7.70. The van der Waals surface area contributed by atoms with Gasteiger partial charge in [0.1, 0.15) is 0 Å². The van der Waals surface area contributed by atoms with E-state index in [9.17, 15) is 0 Å². The molecule has 0 amide bonds. The molecule has 0 N–H and O–H groups in total. The fourth-order valence-electron chi connectivity index (χ4n) is 2.19. The molecule has 0 aromatic heterocycles. The van der Waals surface area contributed by atoms with Gasteiger partial charge in [-0.1, -0.05) is 94.8 Å². The molecule has 0 unspecified atom stereocenters. The molecular weight excluding hydrogens is 320 g/mol. The van der Waals surface area contributed by atoms with Crippen molar-refractivity contribution >= 4 is 28.1 Å². The van der Waals surface area contributed by atoms with Gasteiger partial charge in [0.15, 0.2) is 0 Å². The number of hydrogen-bond donors (Lipinski definition) is 0. The zero-order valence-corrected chi connectivity index (χ0v) is 13.1. The molecule has 3 rings (SSSR count). The molecule has 0 heterocycles. The van der Waals surface area contributed by atoms with E-state index >= 15 is 0 Å². The first-order chi connectivity index (χ1) is 10.3. The van der Waals surface area contributed by atoms with E-state index in [1.807, 2.05) is 6.07 Å². The van der Waals surface area contributed by atoms with E-state index in [2.05, 4.69) is 101 Å². The van der Waals surface area contributed by atoms with Crippen LogP contribution in [-0.2, 0) is 0 Å². The minimum Gasteiger partial charge on any atom is -0.0622 e. The summed E-state index contributed by atoms with van der Waals surface area (Å²) in [7, 11) is 0. The largest absolute Gasteiger partial charge is 0.0622 e. The second-order valence-electron chi connectivity index (χ2n) is 4.87. The van der Waals surface area contributed by atoms with Crippen molar-refractivity contribution in [2.24, 2.45) is 0 Å². The van der Waals surface area contributed by atoms with E-state index < -0.39 is 0 Å². The Morgan fingerprint density at radius 2 is 1.00 bits per heavy atom. The molecule has 0 spiro atoms. The summed E-state index contributed by atoms with van der Waals surface area (Å²) >= 11 is 3.46. The highest BCUT2D eigenvalue weighted by atomic mass is 79.9. The van der Waals surface area contributed by atoms with Crippen LogP contribution in [0.3, 0.4) is 0 Å². The van der Waals surface area contributed by atoms with Gasteiger partial charge in [-0.05, 0) is 34.4 Å². The second kappa shape index (κ2) is 6.55. The maximum Gasteiger partial charge on any atom is 0.0175 e. The van der Waals surface area contributed by atoms with E-state index in [-0.39, 0.29) is 0 Å². The molecule has 0 aliphatic carbocycles. The third-order valence-electron chi connectivity index (χ3n) is 3.36. The van der Waals surface area contributed by atoms with Crippen LogP contribution in [0.25, 0.3) is 23.3 Å². The highest BCUT2D eigenvalue weighted by Gasteiger charge is 1.97. The Labute approximate surface area is 133 Å². The van der Waals surface area contributed by atoms with Crippen LogP contribution in [0.2, 0.25) is 0 Å². The molecule has 0 aliphatic rings. The zero-order valence-electron chi connectivity index (χ0n) is 11.5. The molecule has 21 heavy (non-hydrogen) atoms. The molecule has 3 aromatic carbocycles. The topological polar surface area (TPSA) is 0 Å². The first kappa shape index (κ1) is 13.8. The van der Waals surface area contributed by atoms with Gasteiger partial charge in [-0.15, -0.1) is 0 Å². The Morgan fingerprint density at radius 3 is 1.57 bits per heavy atom. The van der Waals surface area contributed by atoms with Crippen LogP contribution in [0.5, 0.6) is 0 Å². The Morgan fingerprint density at radius 1 is 0.524 bits per heavy atom. The predicted molar refractivity (Wildman–Crippen MR) is 94.9 cm³/mol. The van der Waals surface area contributed by atoms with Gasteiger partial charge in [0.2, 0.25) is 0 Å². The summed E-state index contributed by atoms with van der Waals surface area (Å²) in [5, 5.41) is 0. The number of benzene rings is 3. The minimum atomic E-state index is 1.11. The number of hydrogen-bond acceptors (Lipinski definition) is 0. The van der Waals surface area contributed by atoms with Gasteiger partial charge in [-0.25, -0.2) is 0 Å². The minimum absolute atomic E-state index is 1.11. The number of halogens is 1. The van der Waals surface area contributed by atoms with Crippen LogP contribution in [-0.4, -0.2) is 0 Å². The molecule has 0 aliphatic heterocycles. The Balaban J connectivity index is 1.78. The first-order valence-electron chi connectivity index (χ1n) is 6.90. The molecular formula is C20H15Br. The molecule has 0 radical (unpaired) electrons. The molecule has 0 nitrogen and oxygen atoms in total. The Bertz CT molecular complexity index is 723. The van der Waals surface area contributed by atoms with Crippen LogP contribution < -0.4 is 0 Å². The molecule has 0 saturated carbocycles. The van der Waals surface area contributed by atoms with E-state index in [0.29, 0.717) is 0 Å². The van der Waals surface area contributed by atoms with Crippen LogP contribution >= 0.6 is 15.9 Å². The summed E-state index contributed by atoms with van der Waals surface area (Å²) in [5.74, 6) is 0. The van der Waals surface area contributed by atoms with Crippen molar-refractivity contribution in [2.75, 3.05) is 0 Å². The van der Waals surface area contributed by atoms with Gasteiger partial charge < -0.3 is 0 Å². The standard InChI is InChI=1S/C20H15Br/c21-20-14-12-19(13-15-20)18-10-8-17(9-11-18)7-6-16-4-2-1-3-5-16/h1-15H/b7-6+. The summed E-state index contributed by atoms with van der Waals surface area (Å²) < 4.78 is 1.11. The molecule has 3 aromatic rings. The molecule has 102 valence electrons. The van der Waals surface area contributed by atoms with E-state index in [1.54, 1.807) is 0 Å². The average molecular weight is 335 g/mol. The lowest BCUT2D eigenvalue weighted by atomic mass is 10.0. The van der Waals surface area contributed by atoms with Gasteiger partial charge in [0.25, 0.3) is 0 Å². The van der Waals surface area contributed by atoms with E-state index in [1.165, 1.54) is 22.3 Å². The fourth-order valence-corrected chi connectivity index (χ4v) is 2.45. The predicted octanol–water partition coefficient (Wildman–Crippen LogP) is 6.29. The molecule has 0 bridgehead atoms. The van der Waals surface area contributed by atoms with Crippen molar-refractivity contribution in [3.8, 4) is 11.1 Å². The summed E-state index contributed by atoms with van der Waals surface area (Å²) in [6.45, 7) is 0.